The van der Waals surface area contributed by atoms with Gasteiger partial charge in [-0.25, -0.2) is 18.7 Å². The quantitative estimate of drug-likeness (QED) is 0.349. The molecule has 2 heterocycles. The maximum absolute atomic E-state index is 13.8. The van der Waals surface area contributed by atoms with Gasteiger partial charge in [0, 0.05) is 43.6 Å². The molecule has 2 aromatic rings. The molecule has 1 fully saturated rings. The molecule has 0 saturated carbocycles. The van der Waals surface area contributed by atoms with E-state index in [1.54, 1.807) is 39.1 Å². The number of aliphatic hydroxyl groups is 1. The summed E-state index contributed by atoms with van der Waals surface area (Å²) in [5.74, 6) is 0.870. The Morgan fingerprint density at radius 3 is 2.49 bits per heavy atom. The van der Waals surface area contributed by atoms with Crippen molar-refractivity contribution in [2.75, 3.05) is 45.3 Å². The van der Waals surface area contributed by atoms with E-state index in [-0.39, 0.29) is 55.4 Å². The Morgan fingerprint density at radius 2 is 1.95 bits per heavy atom. The molecular weight excluding hydrogens is 532 g/mol. The van der Waals surface area contributed by atoms with Crippen LogP contribution in [0.25, 0.3) is 17.0 Å². The van der Waals surface area contributed by atoms with Crippen LogP contribution in [0.2, 0.25) is 5.02 Å². The topological polar surface area (TPSA) is 123 Å². The van der Waals surface area contributed by atoms with Crippen LogP contribution in [-0.2, 0) is 9.53 Å². The number of allylic oxidation sites excluding steroid dienone is 2. The van der Waals surface area contributed by atoms with Crippen molar-refractivity contribution in [3.05, 3.63) is 40.2 Å². The number of likely N-dealkylation sites (N-methyl/N-ethyl adjacent to an activating group) is 1. The number of hydrogen-bond acceptors (Lipinski definition) is 9. The van der Waals surface area contributed by atoms with E-state index < -0.39 is 18.1 Å². The highest BCUT2D eigenvalue weighted by Gasteiger charge is 2.43. The van der Waals surface area contributed by atoms with Gasteiger partial charge in [-0.2, -0.15) is 0 Å². The molecule has 0 bridgehead atoms. The zero-order valence-corrected chi connectivity index (χ0v) is 23.6. The summed E-state index contributed by atoms with van der Waals surface area (Å²) in [5.41, 5.74) is 6.48. The van der Waals surface area contributed by atoms with Crippen LogP contribution in [0.1, 0.15) is 37.9 Å². The summed E-state index contributed by atoms with van der Waals surface area (Å²) in [5, 5.41) is 13.2. The number of piperidine rings is 1. The Bertz CT molecular complexity index is 1210. The lowest BCUT2D eigenvalue weighted by atomic mass is 9.91. The molecule has 214 valence electrons. The van der Waals surface area contributed by atoms with Gasteiger partial charge in [0.25, 0.3) is 6.43 Å². The number of nitrogens with one attached hydrogen (secondary N) is 1. The Balaban J connectivity index is 2.11. The molecule has 1 atom stereocenters. The third-order valence-electron chi connectivity index (χ3n) is 6.88. The fourth-order valence-electron chi connectivity index (χ4n) is 4.67. The summed E-state index contributed by atoms with van der Waals surface area (Å²) in [6.07, 6.45) is -3.15. The third kappa shape index (κ3) is 6.84. The molecule has 39 heavy (non-hydrogen) atoms. The lowest BCUT2D eigenvalue weighted by molar-refractivity contribution is -0.133. The second-order valence-corrected chi connectivity index (χ2v) is 10.1. The number of Topliss-reactive ketones (excluding diaryl/α,β-unsaturated/α-hetero) is 1. The van der Waals surface area contributed by atoms with Crippen LogP contribution in [-0.4, -0.2) is 79.4 Å². The van der Waals surface area contributed by atoms with Crippen molar-refractivity contribution in [1.82, 2.24) is 15.3 Å². The number of carbonyl (C=O) groups is 1. The van der Waals surface area contributed by atoms with Crippen molar-refractivity contribution in [2.24, 2.45) is 5.73 Å². The molecule has 3 rings (SSSR count). The highest BCUT2D eigenvalue weighted by molar-refractivity contribution is 6.33. The first kappa shape index (κ1) is 30.7. The number of methoxy groups -OCH3 is 1. The van der Waals surface area contributed by atoms with Crippen LogP contribution < -0.4 is 20.7 Å². The van der Waals surface area contributed by atoms with Gasteiger partial charge in [-0.05, 0) is 58.9 Å². The van der Waals surface area contributed by atoms with E-state index in [0.717, 1.165) is 0 Å². The third-order valence-corrected chi connectivity index (χ3v) is 7.21. The van der Waals surface area contributed by atoms with Gasteiger partial charge in [0.1, 0.15) is 29.9 Å². The van der Waals surface area contributed by atoms with Crippen LogP contribution in [0, 0.1) is 6.92 Å². The second-order valence-electron chi connectivity index (χ2n) is 9.68. The number of halogens is 3. The summed E-state index contributed by atoms with van der Waals surface area (Å²) >= 11 is 6.56. The van der Waals surface area contributed by atoms with Crippen molar-refractivity contribution in [3.8, 4) is 17.1 Å². The molecule has 0 aliphatic carbocycles. The number of nitrogens with zero attached hydrogens (tertiary/aromatic N) is 3. The minimum Gasteiger partial charge on any atom is -0.491 e. The minimum absolute atomic E-state index is 0.0515. The molecule has 0 radical (unpaired) electrons. The second kappa shape index (κ2) is 13.0. The van der Waals surface area contributed by atoms with E-state index in [4.69, 9.17) is 36.8 Å². The number of alkyl halides is 2. The average Bonchev–Trinajstić information content (AvgIpc) is 2.89. The number of ether oxygens (including phenoxy) is 2. The van der Waals surface area contributed by atoms with Crippen molar-refractivity contribution in [3.63, 3.8) is 0 Å². The summed E-state index contributed by atoms with van der Waals surface area (Å²) in [6, 6.07) is 4.95. The minimum atomic E-state index is -2.62. The van der Waals surface area contributed by atoms with Gasteiger partial charge in [-0.15, -0.1) is 0 Å². The van der Waals surface area contributed by atoms with Crippen LogP contribution >= 0.6 is 11.6 Å². The van der Waals surface area contributed by atoms with E-state index >= 15 is 0 Å². The largest absolute Gasteiger partial charge is 0.491 e. The molecule has 1 aliphatic heterocycles. The standard InChI is InChI=1S/C27H36ClF2N5O4/c1-15-23(22(16(2)31)17(3)36)33-24(20-12-19(6-7-21(20)28)39-14-18(37)13-32-4)34-25(15)35-10-8-27(38-5,9-11-35)26(29)30/h6-7,12,18,26,32,37H,8-11,13-14,31H2,1-5H3/t18-/m1/s1. The van der Waals surface area contributed by atoms with Gasteiger partial charge in [0.2, 0.25) is 0 Å². The normalized spacial score (nSPS) is 16.7. The fraction of sp³-hybridized carbons (Fsp3) is 0.519. The van der Waals surface area contributed by atoms with Gasteiger partial charge in [-0.1, -0.05) is 11.6 Å². The van der Waals surface area contributed by atoms with E-state index in [0.29, 0.717) is 40.0 Å². The Labute approximate surface area is 232 Å². The van der Waals surface area contributed by atoms with Crippen LogP contribution in [0.5, 0.6) is 5.75 Å². The SMILES string of the molecule is CNC[C@@H](O)COc1ccc(Cl)c(-c2nc(C(C(C)=O)=C(C)N)c(C)c(N3CCC(OC)(C(F)F)CC3)n2)c1. The predicted molar refractivity (Wildman–Crippen MR) is 147 cm³/mol. The number of benzene rings is 1. The number of hydrogen-bond donors (Lipinski definition) is 3. The number of rotatable bonds is 11. The Hall–Kier alpha value is -2.86. The number of anilines is 1. The van der Waals surface area contributed by atoms with Crippen molar-refractivity contribution < 1.29 is 28.2 Å². The molecule has 0 amide bonds. The van der Waals surface area contributed by atoms with Gasteiger partial charge in [0.15, 0.2) is 11.6 Å². The zero-order chi connectivity index (χ0) is 28.9. The summed E-state index contributed by atoms with van der Waals surface area (Å²) < 4.78 is 38.5. The Kier molecular flexibility index (Phi) is 10.2. The average molecular weight is 568 g/mol. The maximum atomic E-state index is 13.8. The molecule has 1 aromatic heterocycles. The van der Waals surface area contributed by atoms with Crippen LogP contribution in [0.3, 0.4) is 0 Å². The van der Waals surface area contributed by atoms with E-state index in [1.807, 2.05) is 4.90 Å². The van der Waals surface area contributed by atoms with Crippen LogP contribution in [0.4, 0.5) is 14.6 Å². The molecule has 9 nitrogen and oxygen atoms in total. The number of aromatic nitrogens is 2. The van der Waals surface area contributed by atoms with Crippen molar-refractivity contribution in [1.29, 1.82) is 0 Å². The van der Waals surface area contributed by atoms with Gasteiger partial charge in [0.05, 0.1) is 16.3 Å². The number of carbonyl (C=O) groups excluding carboxylic acids is 1. The van der Waals surface area contributed by atoms with Gasteiger partial charge >= 0.3 is 0 Å². The van der Waals surface area contributed by atoms with E-state index in [2.05, 4.69) is 5.32 Å². The molecule has 12 heteroatoms. The number of nitrogens with two attached hydrogens (primary N) is 1. The molecule has 1 saturated heterocycles. The lowest BCUT2D eigenvalue weighted by Crippen LogP contribution is -2.50. The number of ketones is 1. The maximum Gasteiger partial charge on any atom is 0.267 e. The highest BCUT2D eigenvalue weighted by Crippen LogP contribution is 2.38. The molecule has 4 N–H and O–H groups in total. The monoisotopic (exact) mass is 567 g/mol. The van der Waals surface area contributed by atoms with Gasteiger partial charge < -0.3 is 30.5 Å². The lowest BCUT2D eigenvalue weighted by Gasteiger charge is -2.41. The van der Waals surface area contributed by atoms with E-state index in [9.17, 15) is 18.7 Å². The molecule has 1 aromatic carbocycles. The smallest absolute Gasteiger partial charge is 0.267 e. The molecule has 0 spiro atoms. The first-order valence-corrected chi connectivity index (χ1v) is 13.0. The first-order chi connectivity index (χ1) is 18.4. The van der Waals surface area contributed by atoms with Crippen molar-refractivity contribution >= 4 is 28.8 Å². The Morgan fingerprint density at radius 1 is 1.28 bits per heavy atom. The highest BCUT2D eigenvalue weighted by atomic mass is 35.5. The fourth-order valence-corrected chi connectivity index (χ4v) is 4.87. The molecule has 0 unspecified atom stereocenters. The number of aliphatic hydroxyl groups excluding tert-OH is 1. The summed E-state index contributed by atoms with van der Waals surface area (Å²) in [7, 11) is 3.03. The van der Waals surface area contributed by atoms with Crippen LogP contribution in [0.15, 0.2) is 23.9 Å². The summed E-state index contributed by atoms with van der Waals surface area (Å²) in [6.45, 7) is 5.73. The molecular formula is C27H36ClF2N5O4. The van der Waals surface area contributed by atoms with E-state index in [1.165, 1.54) is 14.0 Å². The predicted octanol–water partition coefficient (Wildman–Crippen LogP) is 3.59. The zero-order valence-electron chi connectivity index (χ0n) is 22.9. The van der Waals surface area contributed by atoms with Gasteiger partial charge in [-0.3, -0.25) is 4.79 Å². The van der Waals surface area contributed by atoms with Crippen molar-refractivity contribution in [2.45, 2.75) is 51.7 Å². The molecule has 1 aliphatic rings. The summed E-state index contributed by atoms with van der Waals surface area (Å²) in [4.78, 5) is 24.0. The first-order valence-electron chi connectivity index (χ1n) is 12.6.